The lowest BCUT2D eigenvalue weighted by Crippen LogP contribution is -2.34. The molecule has 0 amide bonds. The van der Waals surface area contributed by atoms with Crippen molar-refractivity contribution in [3.63, 3.8) is 0 Å². The largest absolute Gasteiger partial charge is 0.462 e. The first kappa shape index (κ1) is 18.1. The van der Waals surface area contributed by atoms with E-state index < -0.39 is 10.0 Å². The van der Waals surface area contributed by atoms with Gasteiger partial charge in [-0.15, -0.1) is 0 Å². The highest BCUT2D eigenvalue weighted by atomic mass is 32.2. The van der Waals surface area contributed by atoms with Crippen molar-refractivity contribution >= 4 is 10.0 Å². The number of likely N-dealkylation sites (tertiary alicyclic amines) is 1. The van der Waals surface area contributed by atoms with E-state index in [2.05, 4.69) is 9.62 Å². The lowest BCUT2D eigenvalue weighted by molar-refractivity contribution is 0.156. The Kier molecular flexibility index (Phi) is 5.90. The summed E-state index contributed by atoms with van der Waals surface area (Å²) in [5.74, 6) is 1.74. The Morgan fingerprint density at radius 2 is 2.04 bits per heavy atom. The summed E-state index contributed by atoms with van der Waals surface area (Å²) in [5.41, 5.74) is 0. The molecule has 2 heterocycles. The minimum absolute atomic E-state index is 0.201. The smallest absolute Gasteiger partial charge is 0.240 e. The molecule has 0 bridgehead atoms. The number of nitrogens with one attached hydrogen (secondary N) is 1. The predicted molar refractivity (Wildman–Crippen MR) is 94.6 cm³/mol. The molecule has 2 aromatic rings. The predicted octanol–water partition coefficient (Wildman–Crippen LogP) is 2.54. The molecule has 1 saturated heterocycles. The summed E-state index contributed by atoms with van der Waals surface area (Å²) in [6.07, 6.45) is 2.10. The molecule has 1 N–H and O–H groups in total. The van der Waals surface area contributed by atoms with Gasteiger partial charge in [0.15, 0.2) is 0 Å². The molecule has 0 saturated carbocycles. The molecule has 1 unspecified atom stereocenters. The average Bonchev–Trinajstić information content (AvgIpc) is 3.25. The van der Waals surface area contributed by atoms with Crippen LogP contribution in [-0.4, -0.2) is 40.1 Å². The zero-order chi connectivity index (χ0) is 17.7. The van der Waals surface area contributed by atoms with Crippen molar-refractivity contribution in [3.8, 4) is 0 Å². The molecule has 1 aromatic heterocycles. The van der Waals surface area contributed by atoms with Crippen molar-refractivity contribution in [3.05, 3.63) is 54.0 Å². The number of ether oxygens (including phenoxy) is 1. The Balaban J connectivity index is 1.57. The fraction of sp³-hybridized carbons (Fsp3) is 0.444. The van der Waals surface area contributed by atoms with Crippen LogP contribution in [0.1, 0.15) is 30.4 Å². The number of rotatable bonds is 8. The zero-order valence-corrected chi connectivity index (χ0v) is 15.2. The van der Waals surface area contributed by atoms with E-state index in [-0.39, 0.29) is 6.04 Å². The lowest BCUT2D eigenvalue weighted by Gasteiger charge is -2.22. The molecule has 7 heteroatoms. The molecule has 0 radical (unpaired) electrons. The highest BCUT2D eigenvalue weighted by Crippen LogP contribution is 2.32. The lowest BCUT2D eigenvalue weighted by atomic mass is 10.1. The second kappa shape index (κ2) is 8.14. The third-order valence-electron chi connectivity index (χ3n) is 4.41. The highest BCUT2D eigenvalue weighted by molar-refractivity contribution is 7.89. The number of furan rings is 1. The highest BCUT2D eigenvalue weighted by Gasteiger charge is 2.28. The van der Waals surface area contributed by atoms with Crippen molar-refractivity contribution in [2.24, 2.45) is 0 Å². The topological polar surface area (TPSA) is 71.8 Å². The summed E-state index contributed by atoms with van der Waals surface area (Å²) in [7, 11) is -1.81. The van der Waals surface area contributed by atoms with Gasteiger partial charge in [0.25, 0.3) is 0 Å². The van der Waals surface area contributed by atoms with Crippen LogP contribution in [0.2, 0.25) is 0 Å². The molecule has 25 heavy (non-hydrogen) atoms. The summed E-state index contributed by atoms with van der Waals surface area (Å²) < 4.78 is 38.2. The molecule has 1 atom stereocenters. The third kappa shape index (κ3) is 4.49. The van der Waals surface area contributed by atoms with Gasteiger partial charge < -0.3 is 9.15 Å². The van der Waals surface area contributed by atoms with E-state index in [1.165, 1.54) is 0 Å². The van der Waals surface area contributed by atoms with Crippen LogP contribution in [0.3, 0.4) is 0 Å². The van der Waals surface area contributed by atoms with E-state index in [0.717, 1.165) is 30.9 Å². The molecular formula is C18H24N2O4S. The van der Waals surface area contributed by atoms with Gasteiger partial charge in [0.2, 0.25) is 10.0 Å². The van der Waals surface area contributed by atoms with Crippen LogP contribution < -0.4 is 4.72 Å². The fourth-order valence-corrected chi connectivity index (χ4v) is 4.26. The van der Waals surface area contributed by atoms with Crippen molar-refractivity contribution in [1.82, 2.24) is 9.62 Å². The second-order valence-corrected chi connectivity index (χ2v) is 7.91. The Labute approximate surface area is 148 Å². The van der Waals surface area contributed by atoms with Gasteiger partial charge >= 0.3 is 0 Å². The van der Waals surface area contributed by atoms with Crippen molar-refractivity contribution < 1.29 is 17.6 Å². The normalized spacial score (nSPS) is 18.7. The first-order valence-electron chi connectivity index (χ1n) is 8.46. The van der Waals surface area contributed by atoms with E-state index >= 15 is 0 Å². The minimum atomic E-state index is -3.45. The zero-order valence-electron chi connectivity index (χ0n) is 14.3. The fourth-order valence-electron chi connectivity index (χ4n) is 3.22. The van der Waals surface area contributed by atoms with Gasteiger partial charge in [-0.2, -0.15) is 0 Å². The number of benzene rings is 1. The second-order valence-electron chi connectivity index (χ2n) is 6.14. The summed E-state index contributed by atoms with van der Waals surface area (Å²) in [5, 5.41) is 0. The van der Waals surface area contributed by atoms with Gasteiger partial charge in [0.1, 0.15) is 18.1 Å². The van der Waals surface area contributed by atoms with Crippen molar-refractivity contribution in [2.75, 3.05) is 26.7 Å². The SMILES string of the molecule is COCc1ccc(C2CCCN2CCNS(=O)(=O)c2ccccc2)o1. The third-order valence-corrected chi connectivity index (χ3v) is 5.88. The molecule has 1 aliphatic heterocycles. The number of sulfonamides is 1. The van der Waals surface area contributed by atoms with E-state index in [4.69, 9.17) is 9.15 Å². The van der Waals surface area contributed by atoms with Crippen LogP contribution in [0.4, 0.5) is 0 Å². The summed E-state index contributed by atoms with van der Waals surface area (Å²) >= 11 is 0. The molecule has 1 fully saturated rings. The summed E-state index contributed by atoms with van der Waals surface area (Å²) in [6.45, 7) is 2.43. The van der Waals surface area contributed by atoms with Gasteiger partial charge in [0, 0.05) is 20.2 Å². The maximum atomic E-state index is 12.3. The Bertz CT molecular complexity index is 773. The number of hydrogen-bond acceptors (Lipinski definition) is 5. The summed E-state index contributed by atoms with van der Waals surface area (Å²) in [4.78, 5) is 2.56. The molecule has 6 nitrogen and oxygen atoms in total. The van der Waals surface area contributed by atoms with E-state index in [0.29, 0.717) is 24.6 Å². The monoisotopic (exact) mass is 364 g/mol. The van der Waals surface area contributed by atoms with Gasteiger partial charge in [-0.1, -0.05) is 18.2 Å². The maximum absolute atomic E-state index is 12.3. The molecule has 136 valence electrons. The van der Waals surface area contributed by atoms with Crippen LogP contribution >= 0.6 is 0 Å². The first-order valence-corrected chi connectivity index (χ1v) is 9.95. The molecule has 1 aromatic carbocycles. The molecule has 3 rings (SSSR count). The van der Waals surface area contributed by atoms with Gasteiger partial charge in [0.05, 0.1) is 10.9 Å². The Hall–Kier alpha value is -1.67. The molecule has 0 spiro atoms. The van der Waals surface area contributed by atoms with Crippen LogP contribution in [0, 0.1) is 0 Å². The van der Waals surface area contributed by atoms with Crippen LogP contribution in [0.15, 0.2) is 51.8 Å². The number of hydrogen-bond donors (Lipinski definition) is 1. The first-order chi connectivity index (χ1) is 12.1. The van der Waals surface area contributed by atoms with Gasteiger partial charge in [-0.3, -0.25) is 4.90 Å². The van der Waals surface area contributed by atoms with Crippen LogP contribution in [0.5, 0.6) is 0 Å². The molecule has 0 aliphatic carbocycles. The standard InChI is InChI=1S/C18H24N2O4S/c1-23-14-15-9-10-18(24-15)17-8-5-12-20(17)13-11-19-25(21,22)16-6-3-2-4-7-16/h2-4,6-7,9-10,17,19H,5,8,11-14H2,1H3. The number of nitrogens with zero attached hydrogens (tertiary/aromatic N) is 1. The Morgan fingerprint density at radius 1 is 1.24 bits per heavy atom. The van der Waals surface area contributed by atoms with E-state index in [1.54, 1.807) is 37.4 Å². The van der Waals surface area contributed by atoms with Crippen LogP contribution in [0.25, 0.3) is 0 Å². The average molecular weight is 364 g/mol. The minimum Gasteiger partial charge on any atom is -0.462 e. The molecule has 1 aliphatic rings. The van der Waals surface area contributed by atoms with Crippen LogP contribution in [-0.2, 0) is 21.4 Å². The maximum Gasteiger partial charge on any atom is 0.240 e. The summed E-state index contributed by atoms with van der Waals surface area (Å²) in [6, 6.07) is 12.6. The van der Waals surface area contributed by atoms with Crippen molar-refractivity contribution in [2.45, 2.75) is 30.4 Å². The number of methoxy groups -OCH3 is 1. The van der Waals surface area contributed by atoms with Gasteiger partial charge in [-0.05, 0) is 43.7 Å². The Morgan fingerprint density at radius 3 is 2.80 bits per heavy atom. The quantitative estimate of drug-likeness (QED) is 0.779. The van der Waals surface area contributed by atoms with E-state index in [1.807, 2.05) is 12.1 Å². The van der Waals surface area contributed by atoms with E-state index in [9.17, 15) is 8.42 Å². The molecular weight excluding hydrogens is 340 g/mol. The van der Waals surface area contributed by atoms with Crippen molar-refractivity contribution in [1.29, 1.82) is 0 Å². The van der Waals surface area contributed by atoms with Gasteiger partial charge in [-0.25, -0.2) is 13.1 Å².